The van der Waals surface area contributed by atoms with Crippen LogP contribution in [0.25, 0.3) is 10.9 Å². The molecule has 0 radical (unpaired) electrons. The number of aryl methyl sites for hydroxylation is 1. The summed E-state index contributed by atoms with van der Waals surface area (Å²) in [5.74, 6) is 0.123. The molecular formula is C20H24N4O. The minimum atomic E-state index is 0.123. The third-order valence-corrected chi connectivity index (χ3v) is 5.30. The number of rotatable bonds is 4. The van der Waals surface area contributed by atoms with Crippen molar-refractivity contribution in [2.24, 2.45) is 7.05 Å². The highest BCUT2D eigenvalue weighted by atomic mass is 16.2. The van der Waals surface area contributed by atoms with Gasteiger partial charge in [-0.2, -0.15) is 0 Å². The molecule has 1 aliphatic rings. The molecule has 25 heavy (non-hydrogen) atoms. The number of hydrogen-bond acceptors (Lipinski definition) is 2. The van der Waals surface area contributed by atoms with Gasteiger partial charge in [-0.05, 0) is 18.9 Å². The molecule has 130 valence electrons. The topological polar surface area (TPSA) is 53.9 Å². The number of carbonyl (C=O) groups excluding carboxylic acids is 1. The van der Waals surface area contributed by atoms with Crippen LogP contribution in [0.1, 0.15) is 48.2 Å². The number of amides is 1. The fourth-order valence-electron chi connectivity index (χ4n) is 3.98. The summed E-state index contributed by atoms with van der Waals surface area (Å²) in [7, 11) is 2.00. The number of fused-ring (bicyclic) bond motifs is 1. The van der Waals surface area contributed by atoms with Gasteiger partial charge >= 0.3 is 0 Å². The van der Waals surface area contributed by atoms with E-state index in [1.807, 2.05) is 42.2 Å². The minimum Gasteiger partial charge on any atom is -0.350 e. The van der Waals surface area contributed by atoms with Crippen LogP contribution in [-0.2, 0) is 13.6 Å². The Labute approximate surface area is 147 Å². The van der Waals surface area contributed by atoms with Crippen LogP contribution in [-0.4, -0.2) is 31.4 Å². The van der Waals surface area contributed by atoms with Gasteiger partial charge in [0.25, 0.3) is 5.91 Å². The lowest BCUT2D eigenvalue weighted by molar-refractivity contribution is 0.0613. The van der Waals surface area contributed by atoms with Crippen LogP contribution in [0.5, 0.6) is 0 Å². The lowest BCUT2D eigenvalue weighted by Gasteiger charge is -2.34. The van der Waals surface area contributed by atoms with Crippen molar-refractivity contribution in [3.05, 3.63) is 54.2 Å². The van der Waals surface area contributed by atoms with Crippen LogP contribution in [0.4, 0.5) is 0 Å². The maximum atomic E-state index is 13.5. The molecule has 4 rings (SSSR count). The van der Waals surface area contributed by atoms with Crippen molar-refractivity contribution in [1.82, 2.24) is 19.4 Å². The Morgan fingerprint density at radius 1 is 1.28 bits per heavy atom. The zero-order valence-electron chi connectivity index (χ0n) is 14.6. The van der Waals surface area contributed by atoms with Gasteiger partial charge in [0.05, 0.1) is 24.1 Å². The quantitative estimate of drug-likeness (QED) is 0.786. The average molecular weight is 336 g/mol. The Morgan fingerprint density at radius 2 is 2.08 bits per heavy atom. The van der Waals surface area contributed by atoms with Crippen molar-refractivity contribution < 1.29 is 4.79 Å². The lowest BCUT2D eigenvalue weighted by atomic mass is 9.93. The number of hydrogen-bond donors (Lipinski definition) is 1. The third kappa shape index (κ3) is 3.06. The first-order chi connectivity index (χ1) is 12.2. The molecule has 1 amide bonds. The number of nitrogens with zero attached hydrogens (tertiary/aromatic N) is 3. The Bertz CT molecular complexity index is 859. The lowest BCUT2D eigenvalue weighted by Crippen LogP contribution is -2.41. The summed E-state index contributed by atoms with van der Waals surface area (Å²) in [4.78, 5) is 22.8. The highest BCUT2D eigenvalue weighted by Crippen LogP contribution is 2.28. The second kappa shape index (κ2) is 6.75. The minimum absolute atomic E-state index is 0.123. The average Bonchev–Trinajstić information content (AvgIpc) is 3.28. The molecule has 2 aromatic heterocycles. The number of aromatic amines is 1. The molecule has 5 heteroatoms. The normalized spacial score (nSPS) is 15.6. The van der Waals surface area contributed by atoms with E-state index in [2.05, 4.69) is 20.9 Å². The van der Waals surface area contributed by atoms with Crippen molar-refractivity contribution in [3.8, 4) is 0 Å². The molecule has 0 saturated heterocycles. The van der Waals surface area contributed by atoms with Crippen LogP contribution in [0, 0.1) is 0 Å². The van der Waals surface area contributed by atoms with E-state index in [0.717, 1.165) is 35.0 Å². The third-order valence-electron chi connectivity index (χ3n) is 5.30. The van der Waals surface area contributed by atoms with Gasteiger partial charge in [-0.1, -0.05) is 37.5 Å². The molecular weight excluding hydrogens is 312 g/mol. The molecule has 1 saturated carbocycles. The molecule has 0 aliphatic heterocycles. The number of carbonyl (C=O) groups is 1. The van der Waals surface area contributed by atoms with Crippen molar-refractivity contribution in [3.63, 3.8) is 0 Å². The van der Waals surface area contributed by atoms with Crippen molar-refractivity contribution in [1.29, 1.82) is 0 Å². The summed E-state index contributed by atoms with van der Waals surface area (Å²) in [6.45, 7) is 0.590. The molecule has 5 nitrogen and oxygen atoms in total. The first-order valence-electron chi connectivity index (χ1n) is 9.06. The van der Waals surface area contributed by atoms with Crippen molar-refractivity contribution >= 4 is 16.8 Å². The summed E-state index contributed by atoms with van der Waals surface area (Å²) in [5.41, 5.74) is 2.87. The predicted molar refractivity (Wildman–Crippen MR) is 98.3 cm³/mol. The summed E-state index contributed by atoms with van der Waals surface area (Å²) in [5, 5.41) is 1.03. The fourth-order valence-corrected chi connectivity index (χ4v) is 3.98. The zero-order chi connectivity index (χ0) is 17.2. The molecule has 0 unspecified atom stereocenters. The van der Waals surface area contributed by atoms with Gasteiger partial charge in [-0.15, -0.1) is 0 Å². The molecule has 0 atom stereocenters. The smallest absolute Gasteiger partial charge is 0.256 e. The molecule has 0 spiro atoms. The van der Waals surface area contributed by atoms with Gasteiger partial charge in [-0.25, -0.2) is 4.98 Å². The van der Waals surface area contributed by atoms with E-state index in [1.54, 1.807) is 6.33 Å². The molecule has 3 aromatic rings. The second-order valence-corrected chi connectivity index (χ2v) is 6.97. The van der Waals surface area contributed by atoms with Crippen LogP contribution in [0.2, 0.25) is 0 Å². The number of H-pyrrole nitrogens is 1. The van der Waals surface area contributed by atoms with E-state index < -0.39 is 0 Å². The van der Waals surface area contributed by atoms with Gasteiger partial charge < -0.3 is 14.5 Å². The van der Waals surface area contributed by atoms with Gasteiger partial charge in [0.2, 0.25) is 0 Å². The molecule has 1 fully saturated rings. The van der Waals surface area contributed by atoms with Gasteiger partial charge in [0.15, 0.2) is 0 Å². The number of aromatic nitrogens is 3. The van der Waals surface area contributed by atoms with Crippen LogP contribution in [0.15, 0.2) is 43.0 Å². The monoisotopic (exact) mass is 336 g/mol. The van der Waals surface area contributed by atoms with Gasteiger partial charge in [0.1, 0.15) is 0 Å². The zero-order valence-corrected chi connectivity index (χ0v) is 14.6. The van der Waals surface area contributed by atoms with Crippen LogP contribution >= 0.6 is 0 Å². The Morgan fingerprint density at radius 3 is 2.84 bits per heavy atom. The van der Waals surface area contributed by atoms with Crippen molar-refractivity contribution in [2.75, 3.05) is 0 Å². The second-order valence-electron chi connectivity index (χ2n) is 6.97. The Kier molecular flexibility index (Phi) is 4.30. The molecule has 1 N–H and O–H groups in total. The molecule has 2 heterocycles. The standard InChI is InChI=1S/C20H24N4O/c1-23-13-18(17-9-5-6-10-19(17)23)20(25)24(12-15-11-21-14-22-15)16-7-3-2-4-8-16/h5-6,9-11,13-14,16H,2-4,7-8,12H2,1H3,(H,21,22). The van der Waals surface area contributed by atoms with Crippen molar-refractivity contribution in [2.45, 2.75) is 44.7 Å². The van der Waals surface area contributed by atoms with E-state index in [0.29, 0.717) is 12.6 Å². The molecule has 1 aliphatic carbocycles. The fraction of sp³-hybridized carbons (Fsp3) is 0.400. The Balaban J connectivity index is 1.70. The maximum Gasteiger partial charge on any atom is 0.256 e. The van der Waals surface area contributed by atoms with E-state index in [-0.39, 0.29) is 5.91 Å². The Hall–Kier alpha value is -2.56. The summed E-state index contributed by atoms with van der Waals surface area (Å²) >= 11 is 0. The SMILES string of the molecule is Cn1cc(C(=O)N(Cc2cnc[nH]2)C2CCCCC2)c2ccccc21. The van der Waals surface area contributed by atoms with E-state index >= 15 is 0 Å². The number of imidazole rings is 1. The van der Waals surface area contributed by atoms with Gasteiger partial charge in [-0.3, -0.25) is 4.79 Å². The maximum absolute atomic E-state index is 13.5. The molecule has 0 bridgehead atoms. The first-order valence-corrected chi connectivity index (χ1v) is 9.06. The summed E-state index contributed by atoms with van der Waals surface area (Å²) in [6.07, 6.45) is 11.3. The summed E-state index contributed by atoms with van der Waals surface area (Å²) in [6, 6.07) is 8.42. The van der Waals surface area contributed by atoms with Crippen LogP contribution in [0.3, 0.4) is 0 Å². The van der Waals surface area contributed by atoms with E-state index in [4.69, 9.17) is 0 Å². The number of benzene rings is 1. The van der Waals surface area contributed by atoms with E-state index in [1.165, 1.54) is 19.3 Å². The number of nitrogens with one attached hydrogen (secondary N) is 1. The van der Waals surface area contributed by atoms with Crippen LogP contribution < -0.4 is 0 Å². The predicted octanol–water partition coefficient (Wildman–Crippen LogP) is 3.88. The summed E-state index contributed by atoms with van der Waals surface area (Å²) < 4.78 is 2.04. The molecule has 1 aromatic carbocycles. The number of para-hydroxylation sites is 1. The van der Waals surface area contributed by atoms with Gasteiger partial charge in [0, 0.05) is 36.4 Å². The van der Waals surface area contributed by atoms with E-state index in [9.17, 15) is 4.79 Å². The first kappa shape index (κ1) is 15.9. The highest BCUT2D eigenvalue weighted by molar-refractivity contribution is 6.07. The highest BCUT2D eigenvalue weighted by Gasteiger charge is 2.28. The largest absolute Gasteiger partial charge is 0.350 e.